The Labute approximate surface area is 105 Å². The van der Waals surface area contributed by atoms with Crippen molar-refractivity contribution in [2.75, 3.05) is 27.3 Å². The predicted molar refractivity (Wildman–Crippen MR) is 69.9 cm³/mol. The molecule has 0 spiro atoms. The molecule has 4 heteroatoms. The van der Waals surface area contributed by atoms with Gasteiger partial charge < -0.3 is 15.2 Å². The zero-order valence-electron chi connectivity index (χ0n) is 11.7. The maximum Gasteiger partial charge on any atom is 0.176 e. The summed E-state index contributed by atoms with van der Waals surface area (Å²) < 4.78 is 10.9. The highest BCUT2D eigenvalue weighted by Crippen LogP contribution is 2.35. The van der Waals surface area contributed by atoms with Crippen LogP contribution in [0.15, 0.2) is 0 Å². The molecule has 17 heavy (non-hydrogen) atoms. The third kappa shape index (κ3) is 3.41. The van der Waals surface area contributed by atoms with Crippen LogP contribution in [-0.4, -0.2) is 50.1 Å². The van der Waals surface area contributed by atoms with Crippen LogP contribution in [0, 0.1) is 0 Å². The van der Waals surface area contributed by atoms with E-state index in [1.807, 2.05) is 0 Å². The molecule has 0 heterocycles. The third-order valence-electron chi connectivity index (χ3n) is 3.75. The molecule has 2 N–H and O–H groups in total. The molecule has 1 aliphatic carbocycles. The highest BCUT2D eigenvalue weighted by Gasteiger charge is 2.45. The fraction of sp³-hybridized carbons (Fsp3) is 1.00. The average molecular weight is 244 g/mol. The molecule has 0 aromatic rings. The van der Waals surface area contributed by atoms with Crippen LogP contribution in [-0.2, 0) is 9.47 Å². The van der Waals surface area contributed by atoms with Gasteiger partial charge in [0.05, 0.1) is 5.54 Å². The van der Waals surface area contributed by atoms with Crippen molar-refractivity contribution in [3.8, 4) is 0 Å². The van der Waals surface area contributed by atoms with Gasteiger partial charge in [-0.1, -0.05) is 13.3 Å². The first-order valence-corrected chi connectivity index (χ1v) is 6.66. The normalized spacial score (nSPS) is 19.9. The Morgan fingerprint density at radius 1 is 1.35 bits per heavy atom. The second-order valence-electron chi connectivity index (χ2n) is 5.14. The zero-order chi connectivity index (χ0) is 12.9. The lowest BCUT2D eigenvalue weighted by Gasteiger charge is -2.44. The van der Waals surface area contributed by atoms with Crippen LogP contribution in [0.2, 0.25) is 0 Å². The van der Waals surface area contributed by atoms with Crippen molar-refractivity contribution in [1.29, 1.82) is 0 Å². The Hall–Kier alpha value is -0.160. The van der Waals surface area contributed by atoms with Gasteiger partial charge in [-0.25, -0.2) is 0 Å². The Morgan fingerprint density at radius 3 is 2.29 bits per heavy atom. The molecule has 4 nitrogen and oxygen atoms in total. The molecule has 102 valence electrons. The van der Waals surface area contributed by atoms with Gasteiger partial charge in [-0.2, -0.15) is 0 Å². The van der Waals surface area contributed by atoms with E-state index in [2.05, 4.69) is 18.7 Å². The van der Waals surface area contributed by atoms with Crippen LogP contribution < -0.4 is 5.73 Å². The van der Waals surface area contributed by atoms with Crippen LogP contribution in [0.5, 0.6) is 0 Å². The van der Waals surface area contributed by atoms with E-state index in [1.54, 1.807) is 14.2 Å². The number of nitrogens with two attached hydrogens (primary N) is 1. The average Bonchev–Trinajstić information content (AvgIpc) is 3.15. The summed E-state index contributed by atoms with van der Waals surface area (Å²) in [5.74, 6) is 0. The number of methoxy groups -OCH3 is 2. The van der Waals surface area contributed by atoms with Gasteiger partial charge in [-0.15, -0.1) is 0 Å². The fourth-order valence-electron chi connectivity index (χ4n) is 2.52. The predicted octanol–water partition coefficient (Wildman–Crippen LogP) is 1.59. The summed E-state index contributed by atoms with van der Waals surface area (Å²) in [7, 11) is 3.37. The van der Waals surface area contributed by atoms with E-state index in [-0.39, 0.29) is 11.8 Å². The lowest BCUT2D eigenvalue weighted by molar-refractivity contribution is -0.183. The van der Waals surface area contributed by atoms with E-state index in [4.69, 9.17) is 15.2 Å². The van der Waals surface area contributed by atoms with Gasteiger partial charge in [0.2, 0.25) is 0 Å². The van der Waals surface area contributed by atoms with Gasteiger partial charge in [-0.3, -0.25) is 4.90 Å². The highest BCUT2D eigenvalue weighted by molar-refractivity contribution is 4.98. The van der Waals surface area contributed by atoms with Crippen molar-refractivity contribution in [1.82, 2.24) is 4.90 Å². The van der Waals surface area contributed by atoms with Gasteiger partial charge in [0.1, 0.15) is 0 Å². The van der Waals surface area contributed by atoms with Gasteiger partial charge >= 0.3 is 0 Å². The largest absolute Gasteiger partial charge is 0.354 e. The molecule has 1 aliphatic rings. The first kappa shape index (κ1) is 14.9. The first-order chi connectivity index (χ1) is 8.13. The number of hydrogen-bond donors (Lipinski definition) is 1. The molecule has 0 saturated heterocycles. The van der Waals surface area contributed by atoms with Crippen LogP contribution >= 0.6 is 0 Å². The summed E-state index contributed by atoms with van der Waals surface area (Å²) >= 11 is 0. The molecule has 1 fully saturated rings. The Balaban J connectivity index is 2.77. The standard InChI is InChI=1S/C13H28N2O2/c1-5-6-9-15(11-7-8-11)13(2,10-14)12(16-3)17-4/h11-12H,5-10,14H2,1-4H3. The molecular weight excluding hydrogens is 216 g/mol. The van der Waals surface area contributed by atoms with Crippen molar-refractivity contribution >= 4 is 0 Å². The molecule has 1 saturated carbocycles. The van der Waals surface area contributed by atoms with Crippen LogP contribution in [0.1, 0.15) is 39.5 Å². The van der Waals surface area contributed by atoms with Gasteiger partial charge in [0.25, 0.3) is 0 Å². The highest BCUT2D eigenvalue weighted by atomic mass is 16.7. The number of ether oxygens (including phenoxy) is 2. The quantitative estimate of drug-likeness (QED) is 0.626. The molecule has 0 aromatic heterocycles. The second kappa shape index (κ2) is 6.69. The Morgan fingerprint density at radius 2 is 1.94 bits per heavy atom. The molecule has 0 aliphatic heterocycles. The summed E-state index contributed by atoms with van der Waals surface area (Å²) in [6.45, 7) is 6.01. The molecule has 0 amide bonds. The van der Waals surface area contributed by atoms with Crippen LogP contribution in [0.3, 0.4) is 0 Å². The molecule has 1 unspecified atom stereocenters. The van der Waals surface area contributed by atoms with E-state index in [1.165, 1.54) is 25.7 Å². The van der Waals surface area contributed by atoms with Crippen molar-refractivity contribution in [2.24, 2.45) is 5.73 Å². The number of nitrogens with zero attached hydrogens (tertiary/aromatic N) is 1. The number of rotatable bonds is 9. The molecule has 1 atom stereocenters. The summed E-state index contributed by atoms with van der Waals surface area (Å²) in [5.41, 5.74) is 5.77. The van der Waals surface area contributed by atoms with Crippen molar-refractivity contribution < 1.29 is 9.47 Å². The van der Waals surface area contributed by atoms with E-state index in [0.29, 0.717) is 12.6 Å². The van der Waals surface area contributed by atoms with Crippen molar-refractivity contribution in [3.63, 3.8) is 0 Å². The smallest absolute Gasteiger partial charge is 0.176 e. The van der Waals surface area contributed by atoms with E-state index in [0.717, 1.165) is 6.54 Å². The number of hydrogen-bond acceptors (Lipinski definition) is 4. The monoisotopic (exact) mass is 244 g/mol. The minimum absolute atomic E-state index is 0.222. The van der Waals surface area contributed by atoms with Crippen LogP contribution in [0.25, 0.3) is 0 Å². The van der Waals surface area contributed by atoms with E-state index in [9.17, 15) is 0 Å². The minimum atomic E-state index is -0.259. The van der Waals surface area contributed by atoms with E-state index >= 15 is 0 Å². The SMILES string of the molecule is CCCCN(C1CC1)C(C)(CN)C(OC)OC. The summed E-state index contributed by atoms with van der Waals surface area (Å²) in [5, 5.41) is 0. The third-order valence-corrected chi connectivity index (χ3v) is 3.75. The summed E-state index contributed by atoms with van der Waals surface area (Å²) in [4.78, 5) is 2.49. The second-order valence-corrected chi connectivity index (χ2v) is 5.14. The maximum atomic E-state index is 6.00. The Bertz CT molecular complexity index is 217. The molecular formula is C13H28N2O2. The molecule has 0 bridgehead atoms. The zero-order valence-corrected chi connectivity index (χ0v) is 11.7. The fourth-order valence-corrected chi connectivity index (χ4v) is 2.52. The summed E-state index contributed by atoms with van der Waals surface area (Å²) in [6, 6.07) is 0.669. The maximum absolute atomic E-state index is 6.00. The summed E-state index contributed by atoms with van der Waals surface area (Å²) in [6.07, 6.45) is 4.70. The topological polar surface area (TPSA) is 47.7 Å². The lowest BCUT2D eigenvalue weighted by atomic mass is 9.97. The van der Waals surface area contributed by atoms with Crippen LogP contribution in [0.4, 0.5) is 0 Å². The van der Waals surface area contributed by atoms with Gasteiger partial charge in [0.15, 0.2) is 6.29 Å². The van der Waals surface area contributed by atoms with Crippen molar-refractivity contribution in [3.05, 3.63) is 0 Å². The van der Waals surface area contributed by atoms with Crippen molar-refractivity contribution in [2.45, 2.75) is 57.4 Å². The first-order valence-electron chi connectivity index (χ1n) is 6.66. The number of unbranched alkanes of at least 4 members (excludes halogenated alkanes) is 1. The molecule has 0 aromatic carbocycles. The Kier molecular flexibility index (Phi) is 5.86. The molecule has 1 rings (SSSR count). The molecule has 0 radical (unpaired) electrons. The van der Waals surface area contributed by atoms with Gasteiger partial charge in [-0.05, 0) is 32.7 Å². The lowest BCUT2D eigenvalue weighted by Crippen LogP contribution is -2.61. The van der Waals surface area contributed by atoms with E-state index < -0.39 is 0 Å². The minimum Gasteiger partial charge on any atom is -0.354 e. The van der Waals surface area contributed by atoms with Gasteiger partial charge in [0, 0.05) is 26.8 Å².